The number of aliphatic hydroxyl groups excluding tert-OH is 1. The summed E-state index contributed by atoms with van der Waals surface area (Å²) in [4.78, 5) is 23.6. The van der Waals surface area contributed by atoms with E-state index in [9.17, 15) is 14.7 Å². The highest BCUT2D eigenvalue weighted by atomic mass is 16.5. The molecule has 0 heterocycles. The molecule has 0 amide bonds. The van der Waals surface area contributed by atoms with E-state index in [1.54, 1.807) is 6.92 Å². The Bertz CT molecular complexity index is 564. The van der Waals surface area contributed by atoms with Gasteiger partial charge < -0.3 is 9.84 Å². The maximum atomic E-state index is 12.1. The van der Waals surface area contributed by atoms with Gasteiger partial charge in [-0.25, -0.2) is 0 Å². The first-order valence-electron chi connectivity index (χ1n) is 10.2. The smallest absolute Gasteiger partial charge is 0.313 e. The quantitative estimate of drug-likeness (QED) is 0.412. The predicted octanol–water partition coefficient (Wildman–Crippen LogP) is 4.45. The van der Waals surface area contributed by atoms with E-state index in [-0.39, 0.29) is 29.1 Å². The maximum Gasteiger partial charge on any atom is 0.313 e. The number of ether oxygens (including phenoxy) is 1. The summed E-state index contributed by atoms with van der Waals surface area (Å²) in [6, 6.07) is 0. The van der Waals surface area contributed by atoms with Crippen LogP contribution in [-0.4, -0.2) is 29.6 Å². The number of aliphatic hydroxyl groups is 1. The molecule has 0 spiro atoms. The Balaban J connectivity index is 2.01. The number of ketones is 1. The molecule has 2 aliphatic carbocycles. The average molecular weight is 365 g/mol. The molecule has 2 aliphatic rings. The lowest BCUT2D eigenvalue weighted by atomic mass is 9.68. The molecular formula is C22H36O4. The number of carbonyl (C=O) groups excluding carboxylic acids is 2. The fraction of sp³-hybridized carbons (Fsp3) is 0.818. The molecule has 148 valence electrons. The zero-order valence-electron chi connectivity index (χ0n) is 17.1. The Morgan fingerprint density at radius 1 is 1.31 bits per heavy atom. The van der Waals surface area contributed by atoms with Gasteiger partial charge in [0.15, 0.2) is 0 Å². The number of rotatable bonds is 7. The summed E-state index contributed by atoms with van der Waals surface area (Å²) < 4.78 is 4.86. The van der Waals surface area contributed by atoms with Gasteiger partial charge in [-0.05, 0) is 67.3 Å². The van der Waals surface area contributed by atoms with Gasteiger partial charge in [-0.3, -0.25) is 9.59 Å². The Kier molecular flexibility index (Phi) is 6.70. The molecule has 0 aromatic heterocycles. The van der Waals surface area contributed by atoms with Crippen LogP contribution in [0.1, 0.15) is 79.6 Å². The second-order valence-electron chi connectivity index (χ2n) is 9.21. The van der Waals surface area contributed by atoms with Crippen molar-refractivity contribution in [1.29, 1.82) is 0 Å². The molecule has 1 fully saturated rings. The van der Waals surface area contributed by atoms with Crippen LogP contribution in [0.2, 0.25) is 0 Å². The third-order valence-electron chi connectivity index (χ3n) is 6.84. The van der Waals surface area contributed by atoms with E-state index in [4.69, 9.17) is 4.74 Å². The van der Waals surface area contributed by atoms with Gasteiger partial charge in [0.2, 0.25) is 0 Å². The van der Waals surface area contributed by atoms with Gasteiger partial charge in [0.25, 0.3) is 0 Å². The van der Waals surface area contributed by atoms with E-state index in [0.717, 1.165) is 32.1 Å². The van der Waals surface area contributed by atoms with Crippen LogP contribution in [0.25, 0.3) is 0 Å². The van der Waals surface area contributed by atoms with E-state index >= 15 is 0 Å². The number of Topliss-reactive ketones (excluding diaryl/α,β-unsaturated/α-hetero) is 1. The van der Waals surface area contributed by atoms with Crippen molar-refractivity contribution >= 4 is 11.8 Å². The Hall–Kier alpha value is -1.16. The average Bonchev–Trinajstić information content (AvgIpc) is 2.72. The largest absolute Gasteiger partial charge is 0.466 e. The predicted molar refractivity (Wildman–Crippen MR) is 103 cm³/mol. The summed E-state index contributed by atoms with van der Waals surface area (Å²) in [6.07, 6.45) is 6.90. The number of hydrogen-bond donors (Lipinski definition) is 1. The molecule has 0 aromatic carbocycles. The van der Waals surface area contributed by atoms with E-state index in [1.807, 2.05) is 0 Å². The second-order valence-corrected chi connectivity index (χ2v) is 9.21. The van der Waals surface area contributed by atoms with Crippen molar-refractivity contribution in [2.24, 2.45) is 22.7 Å². The molecule has 0 aliphatic heterocycles. The monoisotopic (exact) mass is 364 g/mol. The van der Waals surface area contributed by atoms with Crippen molar-refractivity contribution in [3.05, 3.63) is 11.6 Å². The van der Waals surface area contributed by atoms with Gasteiger partial charge in [0, 0.05) is 6.42 Å². The SMILES string of the molecule is CCOC(=O)CC(=O)CC[C@]1(C)CC=C2[C@@H](O)C[C@H](C(C)C)[C@@]2(C)CC1. The van der Waals surface area contributed by atoms with Crippen molar-refractivity contribution in [1.82, 2.24) is 0 Å². The van der Waals surface area contributed by atoms with E-state index < -0.39 is 5.97 Å². The van der Waals surface area contributed by atoms with Crippen LogP contribution in [0.4, 0.5) is 0 Å². The molecule has 4 atom stereocenters. The summed E-state index contributed by atoms with van der Waals surface area (Å²) in [5.41, 5.74) is 1.34. The summed E-state index contributed by atoms with van der Waals surface area (Å²) in [7, 11) is 0. The molecule has 0 aromatic rings. The number of esters is 1. The highest BCUT2D eigenvalue weighted by Crippen LogP contribution is 2.57. The molecule has 0 radical (unpaired) electrons. The Morgan fingerprint density at radius 2 is 2.00 bits per heavy atom. The summed E-state index contributed by atoms with van der Waals surface area (Å²) in [5.74, 6) is 0.608. The molecule has 2 rings (SSSR count). The first kappa shape index (κ1) is 21.1. The van der Waals surface area contributed by atoms with E-state index in [1.165, 1.54) is 5.57 Å². The van der Waals surface area contributed by atoms with Crippen molar-refractivity contribution in [3.8, 4) is 0 Å². The zero-order valence-corrected chi connectivity index (χ0v) is 17.1. The van der Waals surface area contributed by atoms with Crippen LogP contribution in [0.5, 0.6) is 0 Å². The van der Waals surface area contributed by atoms with Crippen LogP contribution in [-0.2, 0) is 14.3 Å². The Morgan fingerprint density at radius 3 is 2.62 bits per heavy atom. The molecule has 4 nitrogen and oxygen atoms in total. The van der Waals surface area contributed by atoms with Crippen molar-refractivity contribution in [3.63, 3.8) is 0 Å². The highest BCUT2D eigenvalue weighted by Gasteiger charge is 2.50. The maximum absolute atomic E-state index is 12.1. The first-order chi connectivity index (χ1) is 12.1. The molecule has 0 unspecified atom stereocenters. The standard InChI is InChI=1S/C22H36O4/c1-6-26-20(25)13-16(23)7-9-21(4)10-8-17-19(24)14-18(15(2)3)22(17,5)12-11-21/h8,15,18-19,24H,6-7,9-14H2,1-5H3/t18-,19+,21-,22+/m1/s1. The van der Waals surface area contributed by atoms with Crippen LogP contribution >= 0.6 is 0 Å². The third kappa shape index (κ3) is 4.57. The van der Waals surface area contributed by atoms with Gasteiger partial charge in [0.1, 0.15) is 12.2 Å². The number of carbonyl (C=O) groups is 2. The molecule has 4 heteroatoms. The van der Waals surface area contributed by atoms with Gasteiger partial charge >= 0.3 is 5.97 Å². The summed E-state index contributed by atoms with van der Waals surface area (Å²) in [5, 5.41) is 10.6. The first-order valence-corrected chi connectivity index (χ1v) is 10.2. The minimum absolute atomic E-state index is 0.0342. The molecule has 1 saturated carbocycles. The van der Waals surface area contributed by atoms with Crippen molar-refractivity contribution in [2.75, 3.05) is 6.61 Å². The summed E-state index contributed by atoms with van der Waals surface area (Å²) >= 11 is 0. The van der Waals surface area contributed by atoms with Gasteiger partial charge in [-0.2, -0.15) is 0 Å². The lowest BCUT2D eigenvalue weighted by Gasteiger charge is -2.36. The van der Waals surface area contributed by atoms with Crippen molar-refractivity contribution < 1.29 is 19.4 Å². The minimum Gasteiger partial charge on any atom is -0.466 e. The second kappa shape index (κ2) is 8.24. The van der Waals surface area contributed by atoms with E-state index in [0.29, 0.717) is 24.9 Å². The highest BCUT2D eigenvalue weighted by molar-refractivity contribution is 5.95. The lowest BCUT2D eigenvalue weighted by Crippen LogP contribution is -2.28. The zero-order chi connectivity index (χ0) is 19.5. The normalized spacial score (nSPS) is 34.2. The van der Waals surface area contributed by atoms with Crippen LogP contribution < -0.4 is 0 Å². The number of hydrogen-bond acceptors (Lipinski definition) is 4. The van der Waals surface area contributed by atoms with Crippen LogP contribution in [0.3, 0.4) is 0 Å². The molecular weight excluding hydrogens is 328 g/mol. The van der Waals surface area contributed by atoms with Gasteiger partial charge in [0.05, 0.1) is 12.7 Å². The molecule has 26 heavy (non-hydrogen) atoms. The number of allylic oxidation sites excluding steroid dienone is 1. The fourth-order valence-electron chi connectivity index (χ4n) is 5.08. The molecule has 0 saturated heterocycles. The lowest BCUT2D eigenvalue weighted by molar-refractivity contribution is -0.145. The minimum atomic E-state index is -0.421. The third-order valence-corrected chi connectivity index (χ3v) is 6.84. The number of fused-ring (bicyclic) bond motifs is 1. The van der Waals surface area contributed by atoms with Crippen molar-refractivity contribution in [2.45, 2.75) is 85.7 Å². The van der Waals surface area contributed by atoms with E-state index in [2.05, 4.69) is 33.8 Å². The van der Waals surface area contributed by atoms with Crippen LogP contribution in [0.15, 0.2) is 11.6 Å². The molecule has 0 bridgehead atoms. The summed E-state index contributed by atoms with van der Waals surface area (Å²) in [6.45, 7) is 11.1. The van der Waals surface area contributed by atoms with Crippen LogP contribution in [0, 0.1) is 22.7 Å². The Labute approximate surface area is 158 Å². The van der Waals surface area contributed by atoms with Gasteiger partial charge in [-0.15, -0.1) is 0 Å². The molecule has 1 N–H and O–H groups in total. The topological polar surface area (TPSA) is 63.6 Å². The fourth-order valence-corrected chi connectivity index (χ4v) is 5.08. The van der Waals surface area contributed by atoms with Gasteiger partial charge in [-0.1, -0.05) is 33.8 Å².